The van der Waals surface area contributed by atoms with E-state index in [1.54, 1.807) is 24.3 Å². The minimum absolute atomic E-state index is 0.262. The molecule has 134 valence electrons. The molecule has 0 amide bonds. The van der Waals surface area contributed by atoms with Crippen molar-refractivity contribution in [2.75, 3.05) is 10.6 Å². The van der Waals surface area contributed by atoms with Crippen LogP contribution in [0.2, 0.25) is 5.02 Å². The number of hydrogen-bond acceptors (Lipinski definition) is 6. The Kier molecular flexibility index (Phi) is 4.51. The standard InChI is InChI=1S/C20H12ClN7/c21-17-12-24-28-19(26-15-8-4-5-13(9-15)10-22)16(11-23)18(27-20(17)28)25-14-6-2-1-3-7-14/h1-9,12,26H,(H,25,27). The van der Waals surface area contributed by atoms with Gasteiger partial charge in [-0.05, 0) is 30.3 Å². The highest BCUT2D eigenvalue weighted by atomic mass is 35.5. The van der Waals surface area contributed by atoms with Gasteiger partial charge in [0.1, 0.15) is 16.7 Å². The average molecular weight is 386 g/mol. The van der Waals surface area contributed by atoms with Crippen LogP contribution in [0.25, 0.3) is 5.65 Å². The van der Waals surface area contributed by atoms with Gasteiger partial charge in [0.15, 0.2) is 17.3 Å². The zero-order chi connectivity index (χ0) is 19.5. The summed E-state index contributed by atoms with van der Waals surface area (Å²) in [6.45, 7) is 0. The molecule has 2 aromatic carbocycles. The Balaban J connectivity index is 1.88. The normalized spacial score (nSPS) is 10.2. The van der Waals surface area contributed by atoms with E-state index in [4.69, 9.17) is 16.9 Å². The molecule has 28 heavy (non-hydrogen) atoms. The van der Waals surface area contributed by atoms with E-state index in [0.717, 1.165) is 5.69 Å². The number of hydrogen-bond donors (Lipinski definition) is 2. The summed E-state index contributed by atoms with van der Waals surface area (Å²) in [4.78, 5) is 4.48. The number of rotatable bonds is 4. The quantitative estimate of drug-likeness (QED) is 0.531. The minimum atomic E-state index is 0.262. The van der Waals surface area contributed by atoms with Crippen LogP contribution in [-0.2, 0) is 0 Å². The van der Waals surface area contributed by atoms with Crippen molar-refractivity contribution in [2.24, 2.45) is 0 Å². The molecule has 0 aliphatic rings. The first-order valence-corrected chi connectivity index (χ1v) is 8.64. The molecule has 4 rings (SSSR count). The van der Waals surface area contributed by atoms with Crippen LogP contribution < -0.4 is 10.6 Å². The molecule has 0 saturated heterocycles. The highest BCUT2D eigenvalue weighted by molar-refractivity contribution is 6.33. The highest BCUT2D eigenvalue weighted by Crippen LogP contribution is 2.31. The van der Waals surface area contributed by atoms with E-state index in [9.17, 15) is 5.26 Å². The molecule has 0 radical (unpaired) electrons. The number of aromatic nitrogens is 3. The molecule has 0 spiro atoms. The Morgan fingerprint density at radius 3 is 2.46 bits per heavy atom. The van der Waals surface area contributed by atoms with E-state index in [1.807, 2.05) is 30.3 Å². The molecule has 8 heteroatoms. The number of nitriles is 2. The van der Waals surface area contributed by atoms with E-state index in [-0.39, 0.29) is 5.56 Å². The summed E-state index contributed by atoms with van der Waals surface area (Å²) in [5.41, 5.74) is 2.58. The number of anilines is 4. The fourth-order valence-electron chi connectivity index (χ4n) is 2.74. The first-order chi connectivity index (χ1) is 13.7. The predicted molar refractivity (Wildman–Crippen MR) is 107 cm³/mol. The summed E-state index contributed by atoms with van der Waals surface area (Å²) < 4.78 is 1.47. The third-order valence-electron chi connectivity index (χ3n) is 4.01. The lowest BCUT2D eigenvalue weighted by molar-refractivity contribution is 0.944. The maximum absolute atomic E-state index is 9.83. The lowest BCUT2D eigenvalue weighted by atomic mass is 10.2. The van der Waals surface area contributed by atoms with Gasteiger partial charge < -0.3 is 10.6 Å². The molecule has 0 aliphatic carbocycles. The second-order valence-electron chi connectivity index (χ2n) is 5.83. The van der Waals surface area contributed by atoms with Gasteiger partial charge >= 0.3 is 0 Å². The lowest BCUT2D eigenvalue weighted by Gasteiger charge is -2.14. The van der Waals surface area contributed by atoms with Gasteiger partial charge in [0.05, 0.1) is 17.8 Å². The second kappa shape index (κ2) is 7.28. The summed E-state index contributed by atoms with van der Waals surface area (Å²) in [7, 11) is 0. The van der Waals surface area contributed by atoms with Gasteiger partial charge in [0.2, 0.25) is 0 Å². The van der Waals surface area contributed by atoms with Crippen molar-refractivity contribution in [1.82, 2.24) is 14.6 Å². The number of nitrogens with zero attached hydrogens (tertiary/aromatic N) is 5. The van der Waals surface area contributed by atoms with Crippen LogP contribution in [0, 0.1) is 22.7 Å². The van der Waals surface area contributed by atoms with Crippen molar-refractivity contribution in [3.63, 3.8) is 0 Å². The minimum Gasteiger partial charge on any atom is -0.339 e. The average Bonchev–Trinajstić information content (AvgIpc) is 3.10. The summed E-state index contributed by atoms with van der Waals surface area (Å²) >= 11 is 6.24. The molecular formula is C20H12ClN7. The third-order valence-corrected chi connectivity index (χ3v) is 4.27. The maximum atomic E-state index is 9.83. The smallest absolute Gasteiger partial charge is 0.178 e. The van der Waals surface area contributed by atoms with Crippen LogP contribution in [0.4, 0.5) is 23.0 Å². The number of halogens is 1. The number of nitrogens with one attached hydrogen (secondary N) is 2. The van der Waals surface area contributed by atoms with Crippen LogP contribution in [-0.4, -0.2) is 14.6 Å². The lowest BCUT2D eigenvalue weighted by Crippen LogP contribution is -2.08. The Hall–Kier alpha value is -4.07. The largest absolute Gasteiger partial charge is 0.339 e. The molecule has 4 aromatic rings. The van der Waals surface area contributed by atoms with Gasteiger partial charge in [0.25, 0.3) is 0 Å². The van der Waals surface area contributed by atoms with Gasteiger partial charge in [-0.3, -0.25) is 0 Å². The zero-order valence-electron chi connectivity index (χ0n) is 14.4. The van der Waals surface area contributed by atoms with Crippen LogP contribution >= 0.6 is 11.6 Å². The molecule has 0 aliphatic heterocycles. The molecular weight excluding hydrogens is 374 g/mol. The van der Waals surface area contributed by atoms with Gasteiger partial charge in [-0.25, -0.2) is 4.98 Å². The van der Waals surface area contributed by atoms with Crippen molar-refractivity contribution >= 4 is 40.3 Å². The van der Waals surface area contributed by atoms with E-state index in [2.05, 4.69) is 32.9 Å². The van der Waals surface area contributed by atoms with Gasteiger partial charge in [0, 0.05) is 11.4 Å². The van der Waals surface area contributed by atoms with Crippen LogP contribution in [0.15, 0.2) is 60.8 Å². The number of para-hydroxylation sites is 1. The first kappa shape index (κ1) is 17.3. The van der Waals surface area contributed by atoms with Crippen molar-refractivity contribution in [3.8, 4) is 12.1 Å². The number of fused-ring (bicyclic) bond motifs is 1. The van der Waals surface area contributed by atoms with Crippen molar-refractivity contribution in [2.45, 2.75) is 0 Å². The summed E-state index contributed by atoms with van der Waals surface area (Å²) in [5, 5.41) is 29.9. The van der Waals surface area contributed by atoms with Gasteiger partial charge in [-0.1, -0.05) is 35.9 Å². The van der Waals surface area contributed by atoms with E-state index in [0.29, 0.717) is 33.6 Å². The molecule has 2 aromatic heterocycles. The second-order valence-corrected chi connectivity index (χ2v) is 6.24. The Morgan fingerprint density at radius 1 is 0.929 bits per heavy atom. The fraction of sp³-hybridized carbons (Fsp3) is 0. The Bertz CT molecular complexity index is 1250. The Morgan fingerprint density at radius 2 is 1.71 bits per heavy atom. The van der Waals surface area contributed by atoms with Crippen LogP contribution in [0.5, 0.6) is 0 Å². The van der Waals surface area contributed by atoms with Crippen LogP contribution in [0.3, 0.4) is 0 Å². The molecule has 0 saturated carbocycles. The topological polar surface area (TPSA) is 102 Å². The SMILES string of the molecule is N#Cc1cccc(Nc2c(C#N)c(Nc3ccccc3)nc3c(Cl)cnn23)c1. The van der Waals surface area contributed by atoms with Crippen molar-refractivity contribution in [1.29, 1.82) is 10.5 Å². The molecule has 0 unspecified atom stereocenters. The zero-order valence-corrected chi connectivity index (χ0v) is 15.1. The fourth-order valence-corrected chi connectivity index (χ4v) is 2.91. The first-order valence-electron chi connectivity index (χ1n) is 8.26. The number of benzene rings is 2. The molecule has 7 nitrogen and oxygen atoms in total. The molecule has 2 heterocycles. The molecule has 0 bridgehead atoms. The van der Waals surface area contributed by atoms with E-state index in [1.165, 1.54) is 10.7 Å². The van der Waals surface area contributed by atoms with Gasteiger partial charge in [-0.2, -0.15) is 20.1 Å². The molecule has 0 atom stereocenters. The third kappa shape index (κ3) is 3.18. The molecule has 0 fully saturated rings. The summed E-state index contributed by atoms with van der Waals surface area (Å²) in [6, 6.07) is 20.6. The predicted octanol–water partition coefficient (Wildman–Crippen LogP) is 4.61. The van der Waals surface area contributed by atoms with Crippen LogP contribution in [0.1, 0.15) is 11.1 Å². The summed E-state index contributed by atoms with van der Waals surface area (Å²) in [5.74, 6) is 0.746. The monoisotopic (exact) mass is 385 g/mol. The van der Waals surface area contributed by atoms with Gasteiger partial charge in [-0.15, -0.1) is 0 Å². The highest BCUT2D eigenvalue weighted by Gasteiger charge is 2.19. The van der Waals surface area contributed by atoms with E-state index < -0.39 is 0 Å². The Labute approximate surface area is 165 Å². The maximum Gasteiger partial charge on any atom is 0.178 e. The van der Waals surface area contributed by atoms with E-state index >= 15 is 0 Å². The van der Waals surface area contributed by atoms with Crippen molar-refractivity contribution < 1.29 is 0 Å². The molecule has 2 N–H and O–H groups in total. The van der Waals surface area contributed by atoms with Crippen molar-refractivity contribution in [3.05, 3.63) is 76.9 Å². The summed E-state index contributed by atoms with van der Waals surface area (Å²) in [6.07, 6.45) is 1.47.